The molecule has 13 heavy (non-hydrogen) atoms. The molecule has 2 aromatic rings. The Balaban J connectivity index is 3.06. The lowest BCUT2D eigenvalue weighted by Crippen LogP contribution is -2.14. The molecule has 0 spiro atoms. The summed E-state index contributed by atoms with van der Waals surface area (Å²) in [5, 5.41) is 3.51. The zero-order valence-corrected chi connectivity index (χ0v) is 7.91. The highest BCUT2D eigenvalue weighted by atomic mass is 32.2. The second-order valence-electron chi connectivity index (χ2n) is 2.71. The third kappa shape index (κ3) is 1.05. The molecule has 0 aliphatic carbocycles. The third-order valence-corrected chi connectivity index (χ3v) is 3.45. The molecule has 0 fully saturated rings. The molecule has 0 saturated heterocycles. The molecule has 5 heteroatoms. The molecule has 0 saturated carbocycles. The van der Waals surface area contributed by atoms with Gasteiger partial charge in [0.1, 0.15) is 5.52 Å². The van der Waals surface area contributed by atoms with Gasteiger partial charge in [-0.3, -0.25) is 4.57 Å². The Labute approximate surface area is 77.7 Å². The molecule has 1 aromatic heterocycles. The fourth-order valence-corrected chi connectivity index (χ4v) is 2.59. The maximum Gasteiger partial charge on any atom is 0.362 e. The smallest absolute Gasteiger partial charge is 0.362 e. The fraction of sp³-hybridized carbons (Fsp3) is 0.125. The number of hydrogen-bond donors (Lipinski definition) is 1. The van der Waals surface area contributed by atoms with Crippen LogP contribution in [-0.2, 0) is 7.05 Å². The number of benzene rings is 1. The molecular formula is C8H9N3OS. The Morgan fingerprint density at radius 3 is 2.77 bits per heavy atom. The van der Waals surface area contributed by atoms with E-state index in [0.29, 0.717) is 4.80 Å². The van der Waals surface area contributed by atoms with Crippen molar-refractivity contribution in [1.82, 2.24) is 4.57 Å². The van der Waals surface area contributed by atoms with Crippen LogP contribution in [0.2, 0.25) is 0 Å². The van der Waals surface area contributed by atoms with E-state index in [1.165, 1.54) is 0 Å². The van der Waals surface area contributed by atoms with Gasteiger partial charge in [0, 0.05) is 13.1 Å². The van der Waals surface area contributed by atoms with Crippen LogP contribution in [0.4, 0.5) is 0 Å². The first-order valence-electron chi connectivity index (χ1n) is 3.78. The van der Waals surface area contributed by atoms with Crippen molar-refractivity contribution in [2.75, 3.05) is 0 Å². The molecule has 4 nitrogen and oxygen atoms in total. The number of aromatic nitrogens is 1. The SMILES string of the molecule is Cn1c(=NN)[s+]([O-])c2ccccc21. The summed E-state index contributed by atoms with van der Waals surface area (Å²) < 4.78 is 14.2. The summed E-state index contributed by atoms with van der Waals surface area (Å²) >= 11 is 0. The summed E-state index contributed by atoms with van der Waals surface area (Å²) in [7, 11) is 0.586. The van der Waals surface area contributed by atoms with E-state index in [1.54, 1.807) is 11.6 Å². The predicted octanol–water partition coefficient (Wildman–Crippen LogP) is 0.680. The van der Waals surface area contributed by atoms with E-state index in [9.17, 15) is 4.55 Å². The number of aryl methyl sites for hydroxylation is 1. The van der Waals surface area contributed by atoms with Crippen LogP contribution >= 0.6 is 10.8 Å². The van der Waals surface area contributed by atoms with Crippen molar-refractivity contribution in [1.29, 1.82) is 0 Å². The number of rotatable bonds is 0. The van der Waals surface area contributed by atoms with E-state index in [4.69, 9.17) is 5.84 Å². The molecular weight excluding hydrogens is 186 g/mol. The van der Waals surface area contributed by atoms with Crippen LogP contribution in [0.15, 0.2) is 29.4 Å². The van der Waals surface area contributed by atoms with Crippen LogP contribution in [0.25, 0.3) is 10.2 Å². The molecule has 0 bridgehead atoms. The highest BCUT2D eigenvalue weighted by Gasteiger charge is 2.12. The second-order valence-corrected chi connectivity index (χ2v) is 4.05. The van der Waals surface area contributed by atoms with E-state index < -0.39 is 10.8 Å². The van der Waals surface area contributed by atoms with E-state index in [1.807, 2.05) is 24.3 Å². The van der Waals surface area contributed by atoms with Crippen LogP contribution in [0.3, 0.4) is 0 Å². The quantitative estimate of drug-likeness (QED) is 0.381. The zero-order valence-electron chi connectivity index (χ0n) is 7.10. The zero-order chi connectivity index (χ0) is 9.42. The lowest BCUT2D eigenvalue weighted by molar-refractivity contribution is 0.594. The van der Waals surface area contributed by atoms with Gasteiger partial charge < -0.3 is 10.4 Å². The van der Waals surface area contributed by atoms with Gasteiger partial charge in [-0.1, -0.05) is 12.1 Å². The van der Waals surface area contributed by atoms with Crippen LogP contribution in [0.5, 0.6) is 0 Å². The number of nitrogens with zero attached hydrogens (tertiary/aromatic N) is 2. The first kappa shape index (κ1) is 8.28. The van der Waals surface area contributed by atoms with E-state index in [0.717, 1.165) is 10.2 Å². The van der Waals surface area contributed by atoms with Gasteiger partial charge in [0.2, 0.25) is 0 Å². The highest BCUT2D eigenvalue weighted by Crippen LogP contribution is 2.22. The Morgan fingerprint density at radius 1 is 1.46 bits per heavy atom. The van der Waals surface area contributed by atoms with Gasteiger partial charge in [-0.05, 0) is 16.8 Å². The van der Waals surface area contributed by atoms with Crippen molar-refractivity contribution in [2.24, 2.45) is 18.0 Å². The molecule has 1 heterocycles. The number of para-hydroxylation sites is 1. The number of thiazole rings is 1. The number of nitrogens with two attached hydrogens (primary N) is 1. The van der Waals surface area contributed by atoms with Crippen LogP contribution in [0, 0.1) is 0 Å². The Hall–Kier alpha value is -1.33. The first-order valence-corrected chi connectivity index (χ1v) is 4.93. The van der Waals surface area contributed by atoms with Crippen LogP contribution in [0.1, 0.15) is 0 Å². The van der Waals surface area contributed by atoms with E-state index >= 15 is 0 Å². The van der Waals surface area contributed by atoms with Crippen molar-refractivity contribution in [3.63, 3.8) is 0 Å². The second kappa shape index (κ2) is 2.86. The molecule has 2 rings (SSSR count). The van der Waals surface area contributed by atoms with Gasteiger partial charge in [0.05, 0.1) is 0 Å². The largest absolute Gasteiger partial charge is 0.587 e. The van der Waals surface area contributed by atoms with Gasteiger partial charge in [0.15, 0.2) is 4.70 Å². The predicted molar refractivity (Wildman–Crippen MR) is 51.3 cm³/mol. The van der Waals surface area contributed by atoms with Crippen molar-refractivity contribution in [2.45, 2.75) is 0 Å². The minimum Gasteiger partial charge on any atom is -0.587 e. The third-order valence-electron chi connectivity index (χ3n) is 1.99. The summed E-state index contributed by atoms with van der Waals surface area (Å²) in [6.45, 7) is 0. The molecule has 1 unspecified atom stereocenters. The topological polar surface area (TPSA) is 66.4 Å². The molecule has 0 radical (unpaired) electrons. The van der Waals surface area contributed by atoms with Crippen LogP contribution in [-0.4, -0.2) is 9.12 Å². The summed E-state index contributed by atoms with van der Waals surface area (Å²) in [6, 6.07) is 7.46. The summed E-state index contributed by atoms with van der Waals surface area (Å²) in [4.78, 5) is 0.404. The minimum atomic E-state index is -1.21. The molecule has 0 aliphatic heterocycles. The fourth-order valence-electron chi connectivity index (χ4n) is 1.35. The monoisotopic (exact) mass is 195 g/mol. The van der Waals surface area contributed by atoms with Crippen molar-refractivity contribution in [3.05, 3.63) is 29.1 Å². The van der Waals surface area contributed by atoms with Crippen molar-refractivity contribution in [3.8, 4) is 0 Å². The lowest BCUT2D eigenvalue weighted by atomic mass is 10.3. The number of hydrogen-bond acceptors (Lipinski definition) is 3. The maximum absolute atomic E-state index is 11.7. The molecule has 68 valence electrons. The summed E-state index contributed by atoms with van der Waals surface area (Å²) in [5.74, 6) is 5.15. The van der Waals surface area contributed by atoms with Gasteiger partial charge in [-0.2, -0.15) is 0 Å². The standard InChI is InChI=1S/C8H9N3OS/c1-11-6-4-2-3-5-7(6)13(12)8(11)10-9/h2-5H,9H2,1H3. The Kier molecular flexibility index (Phi) is 1.82. The Bertz CT molecular complexity index is 470. The molecule has 2 N–H and O–H groups in total. The minimum absolute atomic E-state index is 0.404. The van der Waals surface area contributed by atoms with Gasteiger partial charge in [-0.25, -0.2) is 0 Å². The van der Waals surface area contributed by atoms with Crippen molar-refractivity contribution >= 4 is 21.0 Å². The summed E-state index contributed by atoms with van der Waals surface area (Å²) in [5.41, 5.74) is 0.907. The average Bonchev–Trinajstić information content (AvgIpc) is 2.41. The molecule has 0 amide bonds. The average molecular weight is 195 g/mol. The van der Waals surface area contributed by atoms with E-state index in [-0.39, 0.29) is 0 Å². The van der Waals surface area contributed by atoms with Crippen molar-refractivity contribution < 1.29 is 4.55 Å². The number of fused-ring (bicyclic) bond motifs is 1. The normalized spacial score (nSPS) is 14.0. The van der Waals surface area contributed by atoms with Gasteiger partial charge in [0.25, 0.3) is 0 Å². The van der Waals surface area contributed by atoms with E-state index in [2.05, 4.69) is 5.10 Å². The summed E-state index contributed by atoms with van der Waals surface area (Å²) in [6.07, 6.45) is 0. The Morgan fingerprint density at radius 2 is 2.15 bits per heavy atom. The van der Waals surface area contributed by atoms with Crippen LogP contribution < -0.4 is 10.6 Å². The molecule has 1 aromatic carbocycles. The van der Waals surface area contributed by atoms with Gasteiger partial charge >= 0.3 is 4.80 Å². The maximum atomic E-state index is 11.7. The molecule has 0 aliphatic rings. The van der Waals surface area contributed by atoms with Gasteiger partial charge in [-0.15, -0.1) is 5.10 Å². The highest BCUT2D eigenvalue weighted by molar-refractivity contribution is 7.29. The lowest BCUT2D eigenvalue weighted by Gasteiger charge is -1.87. The molecule has 1 atom stereocenters. The first-order chi connectivity index (χ1) is 6.25.